The van der Waals surface area contributed by atoms with Gasteiger partial charge in [-0.25, -0.2) is 4.79 Å². The predicted octanol–water partition coefficient (Wildman–Crippen LogP) is 3.02. The molecule has 156 valence electrons. The van der Waals surface area contributed by atoms with Gasteiger partial charge in [-0.1, -0.05) is 24.3 Å². The van der Waals surface area contributed by atoms with E-state index in [1.165, 1.54) is 0 Å². The van der Waals surface area contributed by atoms with Gasteiger partial charge in [0.15, 0.2) is 0 Å². The number of urea groups is 1. The van der Waals surface area contributed by atoms with Gasteiger partial charge in [-0.3, -0.25) is 9.59 Å². The summed E-state index contributed by atoms with van der Waals surface area (Å²) in [6, 6.07) is 14.5. The number of rotatable bonds is 3. The first-order valence-corrected chi connectivity index (χ1v) is 10.3. The molecule has 30 heavy (non-hydrogen) atoms. The van der Waals surface area contributed by atoms with Crippen molar-refractivity contribution in [2.75, 3.05) is 11.9 Å². The number of hydrogen-bond acceptors (Lipinski definition) is 3. The summed E-state index contributed by atoms with van der Waals surface area (Å²) >= 11 is 0. The molecule has 2 aliphatic heterocycles. The molecule has 0 aromatic heterocycles. The van der Waals surface area contributed by atoms with Crippen molar-refractivity contribution in [3.8, 4) is 0 Å². The van der Waals surface area contributed by atoms with E-state index < -0.39 is 5.54 Å². The van der Waals surface area contributed by atoms with Crippen molar-refractivity contribution in [2.24, 2.45) is 0 Å². The molecule has 7 nitrogen and oxygen atoms in total. The summed E-state index contributed by atoms with van der Waals surface area (Å²) in [5, 5.41) is 8.60. The number of hydrogen-bond donors (Lipinski definition) is 3. The Bertz CT molecular complexity index is 948. The molecule has 4 amide bonds. The van der Waals surface area contributed by atoms with Crippen LogP contribution in [0.5, 0.6) is 0 Å². The van der Waals surface area contributed by atoms with Gasteiger partial charge in [-0.15, -0.1) is 0 Å². The highest BCUT2D eigenvalue weighted by atomic mass is 16.2. The summed E-state index contributed by atoms with van der Waals surface area (Å²) in [7, 11) is 0. The van der Waals surface area contributed by atoms with Crippen molar-refractivity contribution in [3.05, 3.63) is 65.2 Å². The van der Waals surface area contributed by atoms with Crippen LogP contribution in [0.15, 0.2) is 48.5 Å². The molecule has 0 radical (unpaired) electrons. The molecule has 1 saturated heterocycles. The third kappa shape index (κ3) is 4.15. The lowest BCUT2D eigenvalue weighted by molar-refractivity contribution is -0.126. The van der Waals surface area contributed by atoms with Crippen molar-refractivity contribution in [1.82, 2.24) is 15.5 Å². The maximum absolute atomic E-state index is 12.7. The molecule has 0 saturated carbocycles. The van der Waals surface area contributed by atoms with Crippen molar-refractivity contribution in [3.63, 3.8) is 0 Å². The summed E-state index contributed by atoms with van der Waals surface area (Å²) in [6.07, 6.45) is 2.39. The topological polar surface area (TPSA) is 90.5 Å². The number of nitrogens with zero attached hydrogens (tertiary/aromatic N) is 1. The van der Waals surface area contributed by atoms with E-state index in [0.29, 0.717) is 37.3 Å². The largest absolute Gasteiger partial charge is 0.354 e. The van der Waals surface area contributed by atoms with E-state index in [2.05, 4.69) is 16.0 Å². The van der Waals surface area contributed by atoms with Crippen LogP contribution in [0.1, 0.15) is 47.7 Å². The standard InChI is InChI=1S/C23H26N4O3/c1-23(12-4-5-13-24-21(23)29)26-20(28)16-8-10-19(11-9-16)25-22(30)27-14-17-6-2-3-7-18(17)15-27/h2-3,6-11H,4-5,12-15H2,1H3,(H,24,29)(H,25,30)(H,26,28)/t23-/m0/s1. The molecule has 0 bridgehead atoms. The molecular formula is C23H26N4O3. The van der Waals surface area contributed by atoms with Gasteiger partial charge in [0, 0.05) is 30.9 Å². The van der Waals surface area contributed by atoms with Crippen LogP contribution < -0.4 is 16.0 Å². The minimum Gasteiger partial charge on any atom is -0.354 e. The highest BCUT2D eigenvalue weighted by Gasteiger charge is 2.35. The Kier molecular flexibility index (Phi) is 5.44. The van der Waals surface area contributed by atoms with Crippen LogP contribution in [0.3, 0.4) is 0 Å². The minimum atomic E-state index is -0.911. The molecule has 2 aliphatic rings. The van der Waals surface area contributed by atoms with Gasteiger partial charge >= 0.3 is 6.03 Å². The van der Waals surface area contributed by atoms with Crippen molar-refractivity contribution < 1.29 is 14.4 Å². The van der Waals surface area contributed by atoms with Gasteiger partial charge in [0.1, 0.15) is 5.54 Å². The van der Waals surface area contributed by atoms with Gasteiger partial charge in [-0.2, -0.15) is 0 Å². The lowest BCUT2D eigenvalue weighted by atomic mass is 9.94. The second-order valence-corrected chi connectivity index (χ2v) is 8.13. The quantitative estimate of drug-likeness (QED) is 0.732. The van der Waals surface area contributed by atoms with Crippen LogP contribution in [0, 0.1) is 0 Å². The molecule has 2 aromatic carbocycles. The Morgan fingerprint density at radius 3 is 2.33 bits per heavy atom. The zero-order valence-electron chi connectivity index (χ0n) is 17.0. The predicted molar refractivity (Wildman–Crippen MR) is 114 cm³/mol. The lowest BCUT2D eigenvalue weighted by Gasteiger charge is -2.27. The molecule has 1 fully saturated rings. The lowest BCUT2D eigenvalue weighted by Crippen LogP contribution is -2.55. The van der Waals surface area contributed by atoms with Gasteiger partial charge in [0.05, 0.1) is 0 Å². The van der Waals surface area contributed by atoms with E-state index in [1.807, 2.05) is 24.3 Å². The number of carbonyl (C=O) groups excluding carboxylic acids is 3. The monoisotopic (exact) mass is 406 g/mol. The van der Waals surface area contributed by atoms with Crippen LogP contribution in [0.2, 0.25) is 0 Å². The smallest absolute Gasteiger partial charge is 0.322 e. The van der Waals surface area contributed by atoms with Crippen LogP contribution in [0.25, 0.3) is 0 Å². The fourth-order valence-electron chi connectivity index (χ4n) is 3.94. The molecule has 1 atom stereocenters. The van der Waals surface area contributed by atoms with E-state index in [4.69, 9.17) is 0 Å². The Morgan fingerprint density at radius 2 is 1.67 bits per heavy atom. The molecular weight excluding hydrogens is 380 g/mol. The van der Waals surface area contributed by atoms with Crippen molar-refractivity contribution in [2.45, 2.75) is 44.8 Å². The first-order chi connectivity index (χ1) is 14.4. The first kappa shape index (κ1) is 19.9. The van der Waals surface area contributed by atoms with E-state index in [1.54, 1.807) is 36.1 Å². The van der Waals surface area contributed by atoms with Gasteiger partial charge in [-0.05, 0) is 61.6 Å². The maximum Gasteiger partial charge on any atom is 0.322 e. The SMILES string of the molecule is C[C@]1(NC(=O)c2ccc(NC(=O)N3Cc4ccccc4C3)cc2)CCCCNC1=O. The van der Waals surface area contributed by atoms with Crippen molar-refractivity contribution in [1.29, 1.82) is 0 Å². The number of carbonyl (C=O) groups is 3. The third-order valence-electron chi connectivity index (χ3n) is 5.81. The highest BCUT2D eigenvalue weighted by Crippen LogP contribution is 2.23. The molecule has 0 unspecified atom stereocenters. The van der Waals surface area contributed by atoms with Crippen molar-refractivity contribution >= 4 is 23.5 Å². The highest BCUT2D eigenvalue weighted by molar-refractivity contribution is 5.99. The Labute approximate surface area is 175 Å². The second-order valence-electron chi connectivity index (χ2n) is 8.13. The molecule has 7 heteroatoms. The molecule has 2 aromatic rings. The second kappa shape index (κ2) is 8.18. The number of fused-ring (bicyclic) bond motifs is 1. The normalized spacial score (nSPS) is 20.7. The molecule has 2 heterocycles. The van der Waals surface area contributed by atoms with Crippen LogP contribution in [-0.2, 0) is 17.9 Å². The number of anilines is 1. The van der Waals surface area contributed by atoms with Gasteiger partial charge < -0.3 is 20.9 Å². The van der Waals surface area contributed by atoms with E-state index >= 15 is 0 Å². The van der Waals surface area contributed by atoms with Gasteiger partial charge in [0.25, 0.3) is 5.91 Å². The summed E-state index contributed by atoms with van der Waals surface area (Å²) in [4.78, 5) is 39.3. The van der Waals surface area contributed by atoms with Gasteiger partial charge in [0.2, 0.25) is 5.91 Å². The third-order valence-corrected chi connectivity index (χ3v) is 5.81. The zero-order chi connectivity index (χ0) is 21.1. The Balaban J connectivity index is 1.36. The molecule has 4 rings (SSSR count). The van der Waals surface area contributed by atoms with Crippen LogP contribution >= 0.6 is 0 Å². The zero-order valence-corrected chi connectivity index (χ0v) is 17.0. The van der Waals surface area contributed by atoms with Crippen LogP contribution in [0.4, 0.5) is 10.5 Å². The average molecular weight is 406 g/mol. The minimum absolute atomic E-state index is 0.149. The fourth-order valence-corrected chi connectivity index (χ4v) is 3.94. The summed E-state index contributed by atoms with van der Waals surface area (Å²) in [5.41, 5.74) is 2.47. The molecule has 3 N–H and O–H groups in total. The molecule has 0 aliphatic carbocycles. The molecule has 0 spiro atoms. The fraction of sp³-hybridized carbons (Fsp3) is 0.348. The summed E-state index contributed by atoms with van der Waals surface area (Å²) < 4.78 is 0. The number of amides is 4. The van der Waals surface area contributed by atoms with E-state index in [0.717, 1.165) is 24.0 Å². The summed E-state index contributed by atoms with van der Waals surface area (Å²) in [5.74, 6) is -0.453. The average Bonchev–Trinajstić information content (AvgIpc) is 3.11. The van der Waals surface area contributed by atoms with E-state index in [9.17, 15) is 14.4 Å². The van der Waals surface area contributed by atoms with Crippen LogP contribution in [-0.4, -0.2) is 34.8 Å². The maximum atomic E-state index is 12.7. The van der Waals surface area contributed by atoms with E-state index in [-0.39, 0.29) is 17.8 Å². The number of benzene rings is 2. The summed E-state index contributed by atoms with van der Waals surface area (Å²) in [6.45, 7) is 3.57. The first-order valence-electron chi connectivity index (χ1n) is 10.3. The number of nitrogens with one attached hydrogen (secondary N) is 3. The Morgan fingerprint density at radius 1 is 1.00 bits per heavy atom. The Hall–Kier alpha value is -3.35.